The van der Waals surface area contributed by atoms with Crippen molar-refractivity contribution >= 4 is 29.0 Å². The molecule has 3 heterocycles. The molecule has 33 heavy (non-hydrogen) atoms. The summed E-state index contributed by atoms with van der Waals surface area (Å²) < 4.78 is 10.8. The van der Waals surface area contributed by atoms with Gasteiger partial charge in [0.25, 0.3) is 5.91 Å². The fraction of sp³-hybridized carbons (Fsp3) is 0.240. The monoisotopic (exact) mass is 461 g/mol. The topological polar surface area (TPSA) is 71.4 Å². The first-order valence-electron chi connectivity index (χ1n) is 10.8. The van der Waals surface area contributed by atoms with E-state index in [0.717, 1.165) is 16.8 Å². The summed E-state index contributed by atoms with van der Waals surface area (Å²) in [6, 6.07) is 20.7. The molecule has 2 aliphatic rings. The van der Waals surface area contributed by atoms with Crippen molar-refractivity contribution in [2.24, 2.45) is 5.10 Å². The molecule has 1 unspecified atom stereocenters. The van der Waals surface area contributed by atoms with Gasteiger partial charge >= 0.3 is 6.09 Å². The lowest BCUT2D eigenvalue weighted by molar-refractivity contribution is 0.0416. The molecule has 0 aliphatic carbocycles. The van der Waals surface area contributed by atoms with Crippen molar-refractivity contribution < 1.29 is 19.1 Å². The summed E-state index contributed by atoms with van der Waals surface area (Å²) >= 11 is 1.41. The number of thiophene rings is 1. The van der Waals surface area contributed by atoms with E-state index in [1.165, 1.54) is 11.3 Å². The first-order valence-corrected chi connectivity index (χ1v) is 11.7. The van der Waals surface area contributed by atoms with Crippen LogP contribution in [0.4, 0.5) is 4.79 Å². The molecular weight excluding hydrogens is 438 g/mol. The summed E-state index contributed by atoms with van der Waals surface area (Å²) in [5, 5.41) is 8.19. The van der Waals surface area contributed by atoms with E-state index >= 15 is 0 Å². The third kappa shape index (κ3) is 4.67. The highest BCUT2D eigenvalue weighted by atomic mass is 32.1. The summed E-state index contributed by atoms with van der Waals surface area (Å²) in [5.74, 6) is 0.366. The minimum absolute atomic E-state index is 0.107. The van der Waals surface area contributed by atoms with Gasteiger partial charge in [-0.25, -0.2) is 9.80 Å². The summed E-state index contributed by atoms with van der Waals surface area (Å²) in [4.78, 5) is 27.8. The number of nitrogens with zero attached hydrogens (tertiary/aromatic N) is 3. The molecule has 0 bridgehead atoms. The normalized spacial score (nSPS) is 18.2. The SMILES string of the molecule is O=C(Oc1ccc(C2=NN(C(=O)c3cccs3)C(c3ccccc3)C2)cc1)N1CCOCC1. The number of amides is 2. The van der Waals surface area contributed by atoms with Gasteiger partial charge in [0.05, 0.1) is 29.8 Å². The van der Waals surface area contributed by atoms with Crippen LogP contribution in [0.25, 0.3) is 0 Å². The molecule has 2 aliphatic heterocycles. The molecule has 1 atom stereocenters. The highest BCUT2D eigenvalue weighted by Gasteiger charge is 2.34. The van der Waals surface area contributed by atoms with Crippen molar-refractivity contribution in [2.75, 3.05) is 26.3 Å². The van der Waals surface area contributed by atoms with Crippen LogP contribution >= 0.6 is 11.3 Å². The second-order valence-electron chi connectivity index (χ2n) is 7.80. The van der Waals surface area contributed by atoms with E-state index < -0.39 is 0 Å². The van der Waals surface area contributed by atoms with Crippen molar-refractivity contribution in [2.45, 2.75) is 12.5 Å². The van der Waals surface area contributed by atoms with Crippen molar-refractivity contribution in [3.8, 4) is 5.75 Å². The second-order valence-corrected chi connectivity index (χ2v) is 8.74. The van der Waals surface area contributed by atoms with Crippen LogP contribution in [-0.2, 0) is 4.74 Å². The summed E-state index contributed by atoms with van der Waals surface area (Å²) in [7, 11) is 0. The molecule has 2 aromatic carbocycles. The fourth-order valence-corrected chi connectivity index (χ4v) is 4.60. The van der Waals surface area contributed by atoms with Gasteiger partial charge in [-0.05, 0) is 46.8 Å². The van der Waals surface area contributed by atoms with E-state index in [4.69, 9.17) is 14.6 Å². The number of benzene rings is 2. The summed E-state index contributed by atoms with van der Waals surface area (Å²) in [6.07, 6.45) is 0.231. The van der Waals surface area contributed by atoms with Crippen LogP contribution in [0, 0.1) is 0 Å². The standard InChI is InChI=1S/C25H23N3O4S/c29-24(23-7-4-16-33-23)28-22(19-5-2-1-3-6-19)17-21(26-28)18-8-10-20(11-9-18)32-25(30)27-12-14-31-15-13-27/h1-11,16,22H,12-15,17H2. The maximum Gasteiger partial charge on any atom is 0.415 e. The third-order valence-corrected chi connectivity index (χ3v) is 6.55. The van der Waals surface area contributed by atoms with Gasteiger partial charge in [0.15, 0.2) is 0 Å². The number of hydrogen-bond donors (Lipinski definition) is 0. The number of carbonyl (C=O) groups is 2. The Kier molecular flexibility index (Phi) is 6.19. The Morgan fingerprint density at radius 1 is 0.970 bits per heavy atom. The molecule has 1 saturated heterocycles. The molecular formula is C25H23N3O4S. The number of rotatable bonds is 4. The van der Waals surface area contributed by atoms with E-state index in [1.807, 2.05) is 60.0 Å². The zero-order valence-corrected chi connectivity index (χ0v) is 18.7. The third-order valence-electron chi connectivity index (χ3n) is 5.70. The van der Waals surface area contributed by atoms with Gasteiger partial charge in [-0.3, -0.25) is 4.79 Å². The predicted octanol–water partition coefficient (Wildman–Crippen LogP) is 4.57. The first-order chi connectivity index (χ1) is 16.2. The Morgan fingerprint density at radius 3 is 2.42 bits per heavy atom. The van der Waals surface area contributed by atoms with Gasteiger partial charge in [0.2, 0.25) is 0 Å². The Bertz CT molecular complexity index is 1140. The molecule has 168 valence electrons. The average Bonchev–Trinajstić information content (AvgIpc) is 3.56. The molecule has 1 fully saturated rings. The van der Waals surface area contributed by atoms with Crippen LogP contribution in [0.2, 0.25) is 0 Å². The molecule has 0 radical (unpaired) electrons. The molecule has 1 aromatic heterocycles. The lowest BCUT2D eigenvalue weighted by Gasteiger charge is -2.25. The maximum absolute atomic E-state index is 13.2. The zero-order chi connectivity index (χ0) is 22.6. The minimum atomic E-state index is -0.374. The Hall–Kier alpha value is -3.49. The lowest BCUT2D eigenvalue weighted by Crippen LogP contribution is -2.42. The van der Waals surface area contributed by atoms with E-state index in [0.29, 0.717) is 43.4 Å². The molecule has 5 rings (SSSR count). The molecule has 2 amide bonds. The molecule has 0 N–H and O–H groups in total. The first kappa shape index (κ1) is 21.4. The number of carbonyl (C=O) groups excluding carboxylic acids is 2. The predicted molar refractivity (Wildman–Crippen MR) is 126 cm³/mol. The quantitative estimate of drug-likeness (QED) is 0.571. The summed E-state index contributed by atoms with van der Waals surface area (Å²) in [5.41, 5.74) is 2.75. The number of ether oxygens (including phenoxy) is 2. The van der Waals surface area contributed by atoms with Crippen LogP contribution in [-0.4, -0.2) is 53.9 Å². The van der Waals surface area contributed by atoms with Crippen LogP contribution in [0.1, 0.15) is 33.3 Å². The Morgan fingerprint density at radius 2 is 1.73 bits per heavy atom. The van der Waals surface area contributed by atoms with Crippen molar-refractivity contribution in [3.63, 3.8) is 0 Å². The van der Waals surface area contributed by atoms with Gasteiger partial charge in [-0.2, -0.15) is 5.10 Å². The molecule has 3 aromatic rings. The smallest absolute Gasteiger partial charge is 0.410 e. The van der Waals surface area contributed by atoms with Crippen molar-refractivity contribution in [1.82, 2.24) is 9.91 Å². The highest BCUT2D eigenvalue weighted by molar-refractivity contribution is 7.12. The number of morpholine rings is 1. The molecule has 8 heteroatoms. The van der Waals surface area contributed by atoms with Gasteiger partial charge in [-0.15, -0.1) is 11.3 Å². The fourth-order valence-electron chi connectivity index (χ4n) is 3.95. The van der Waals surface area contributed by atoms with E-state index in [9.17, 15) is 9.59 Å². The van der Waals surface area contributed by atoms with Crippen molar-refractivity contribution in [3.05, 3.63) is 88.1 Å². The van der Waals surface area contributed by atoms with Gasteiger partial charge in [0, 0.05) is 19.5 Å². The van der Waals surface area contributed by atoms with E-state index in [-0.39, 0.29) is 18.0 Å². The van der Waals surface area contributed by atoms with Gasteiger partial charge < -0.3 is 14.4 Å². The highest BCUT2D eigenvalue weighted by Crippen LogP contribution is 2.34. The minimum Gasteiger partial charge on any atom is -0.410 e. The lowest BCUT2D eigenvalue weighted by atomic mass is 9.98. The zero-order valence-electron chi connectivity index (χ0n) is 17.9. The van der Waals surface area contributed by atoms with Gasteiger partial charge in [0.1, 0.15) is 5.75 Å². The Balaban J connectivity index is 1.35. The van der Waals surface area contributed by atoms with E-state index in [2.05, 4.69) is 0 Å². The van der Waals surface area contributed by atoms with Crippen LogP contribution in [0.5, 0.6) is 5.75 Å². The maximum atomic E-state index is 13.2. The summed E-state index contributed by atoms with van der Waals surface area (Å²) in [6.45, 7) is 2.11. The number of hydrogen-bond acceptors (Lipinski definition) is 6. The molecule has 0 saturated carbocycles. The van der Waals surface area contributed by atoms with Gasteiger partial charge in [-0.1, -0.05) is 36.4 Å². The van der Waals surface area contributed by atoms with Crippen molar-refractivity contribution in [1.29, 1.82) is 0 Å². The van der Waals surface area contributed by atoms with Crippen LogP contribution < -0.4 is 4.74 Å². The van der Waals surface area contributed by atoms with Crippen LogP contribution in [0.3, 0.4) is 0 Å². The van der Waals surface area contributed by atoms with E-state index in [1.54, 1.807) is 22.0 Å². The average molecular weight is 462 g/mol. The largest absolute Gasteiger partial charge is 0.415 e. The molecule has 7 nitrogen and oxygen atoms in total. The molecule has 0 spiro atoms. The number of hydrazone groups is 1. The van der Waals surface area contributed by atoms with Crippen LogP contribution in [0.15, 0.2) is 77.2 Å². The Labute approximate surface area is 195 Å². The second kappa shape index (κ2) is 9.56.